The Hall–Kier alpha value is -3.38. The van der Waals surface area contributed by atoms with Crippen LogP contribution in [0.2, 0.25) is 0 Å². The fourth-order valence-corrected chi connectivity index (χ4v) is 5.86. The number of aryl methyl sites for hydroxylation is 1. The molecule has 0 radical (unpaired) electrons. The van der Waals surface area contributed by atoms with Crippen LogP contribution < -0.4 is 0 Å². The van der Waals surface area contributed by atoms with Gasteiger partial charge in [-0.1, -0.05) is 103 Å². The molecule has 0 nitrogen and oxygen atoms in total. The van der Waals surface area contributed by atoms with Gasteiger partial charge in [0.1, 0.15) is 0 Å². The van der Waals surface area contributed by atoms with Gasteiger partial charge < -0.3 is 0 Å². The van der Waals surface area contributed by atoms with Crippen LogP contribution in [0, 0.1) is 13.8 Å². The molecular weight excluding hydrogens is 396 g/mol. The minimum atomic E-state index is -0.347. The van der Waals surface area contributed by atoms with E-state index >= 15 is 0 Å². The maximum absolute atomic E-state index is 2.41. The molecule has 164 valence electrons. The Kier molecular flexibility index (Phi) is 5.54. The van der Waals surface area contributed by atoms with E-state index in [2.05, 4.69) is 125 Å². The first-order valence-electron chi connectivity index (χ1n) is 12.0. The summed E-state index contributed by atoms with van der Waals surface area (Å²) in [6.07, 6.45) is 11.2. The summed E-state index contributed by atoms with van der Waals surface area (Å²) in [5, 5.41) is 0. The highest BCUT2D eigenvalue weighted by atomic mass is 14.4. The van der Waals surface area contributed by atoms with Gasteiger partial charge in [0.05, 0.1) is 5.41 Å². The van der Waals surface area contributed by atoms with Gasteiger partial charge in [0.25, 0.3) is 0 Å². The van der Waals surface area contributed by atoms with Gasteiger partial charge >= 0.3 is 0 Å². The van der Waals surface area contributed by atoms with Crippen molar-refractivity contribution in [3.63, 3.8) is 0 Å². The number of allylic oxidation sites excluding steroid dienone is 8. The summed E-state index contributed by atoms with van der Waals surface area (Å²) in [7, 11) is 0. The molecule has 0 aliphatic heterocycles. The molecule has 0 atom stereocenters. The maximum atomic E-state index is 2.41. The van der Waals surface area contributed by atoms with Gasteiger partial charge in [-0.3, -0.25) is 0 Å². The Bertz CT molecular complexity index is 1270. The quantitative estimate of drug-likeness (QED) is 0.357. The largest absolute Gasteiger partial charge is 0.0801 e. The fraction of sp³-hybridized carbons (Fsp3) is 0.212. The maximum Gasteiger partial charge on any atom is 0.0676 e. The van der Waals surface area contributed by atoms with Gasteiger partial charge in [-0.15, -0.1) is 0 Å². The number of rotatable bonds is 5. The monoisotopic (exact) mass is 428 g/mol. The van der Waals surface area contributed by atoms with Crippen molar-refractivity contribution in [3.8, 4) is 0 Å². The first-order valence-corrected chi connectivity index (χ1v) is 12.0. The van der Waals surface area contributed by atoms with Crippen LogP contribution in [0.3, 0.4) is 0 Å². The summed E-state index contributed by atoms with van der Waals surface area (Å²) >= 11 is 0. The molecular formula is C33H32. The Labute approximate surface area is 198 Å². The van der Waals surface area contributed by atoms with Gasteiger partial charge in [0.15, 0.2) is 0 Å². The Balaban J connectivity index is 1.97. The lowest BCUT2D eigenvalue weighted by Crippen LogP contribution is -2.33. The van der Waals surface area contributed by atoms with E-state index in [1.165, 1.54) is 55.7 Å². The predicted octanol–water partition coefficient (Wildman–Crippen LogP) is 8.65. The third kappa shape index (κ3) is 3.37. The molecule has 0 bridgehead atoms. The van der Waals surface area contributed by atoms with Crippen LogP contribution in [-0.4, -0.2) is 0 Å². The Morgan fingerprint density at radius 3 is 1.70 bits per heavy atom. The van der Waals surface area contributed by atoms with Crippen molar-refractivity contribution in [2.75, 3.05) is 0 Å². The summed E-state index contributed by atoms with van der Waals surface area (Å²) < 4.78 is 0. The minimum Gasteiger partial charge on any atom is -0.0801 e. The summed E-state index contributed by atoms with van der Waals surface area (Å²) in [6, 6.07) is 27.0. The summed E-state index contributed by atoms with van der Waals surface area (Å²) in [5.74, 6) is 0. The van der Waals surface area contributed by atoms with Crippen molar-refractivity contribution < 1.29 is 0 Å². The lowest BCUT2D eigenvalue weighted by molar-refractivity contribution is 0.701. The lowest BCUT2D eigenvalue weighted by Gasteiger charge is -2.41. The normalized spacial score (nSPS) is 15.8. The fourth-order valence-electron chi connectivity index (χ4n) is 5.86. The molecule has 0 unspecified atom stereocenters. The molecule has 33 heavy (non-hydrogen) atoms. The third-order valence-corrected chi connectivity index (χ3v) is 7.64. The van der Waals surface area contributed by atoms with Crippen LogP contribution in [0.15, 0.2) is 114 Å². The SMILES string of the molecule is CC1=C(c2c(C(C3=C(C)C=CC3)(c3ccccc3)c3ccccc3)ccc(C)c2C)CC=C1. The van der Waals surface area contributed by atoms with Gasteiger partial charge in [-0.2, -0.15) is 0 Å². The average Bonchev–Trinajstić information content (AvgIpc) is 3.47. The van der Waals surface area contributed by atoms with E-state index in [9.17, 15) is 0 Å². The molecule has 2 aliphatic carbocycles. The number of hydrogen-bond donors (Lipinski definition) is 0. The number of hydrogen-bond acceptors (Lipinski definition) is 0. The average molecular weight is 429 g/mol. The minimum absolute atomic E-state index is 0.347. The second-order valence-corrected chi connectivity index (χ2v) is 9.45. The molecule has 0 saturated carbocycles. The van der Waals surface area contributed by atoms with E-state index in [1.807, 2.05) is 0 Å². The van der Waals surface area contributed by atoms with Crippen molar-refractivity contribution >= 4 is 5.57 Å². The summed E-state index contributed by atoms with van der Waals surface area (Å²) in [5.41, 5.74) is 13.6. The van der Waals surface area contributed by atoms with Crippen LogP contribution in [-0.2, 0) is 5.41 Å². The van der Waals surface area contributed by atoms with Crippen molar-refractivity contribution in [1.29, 1.82) is 0 Å². The second kappa shape index (κ2) is 8.52. The molecule has 0 fully saturated rings. The van der Waals surface area contributed by atoms with E-state index in [0.29, 0.717) is 0 Å². The highest BCUT2D eigenvalue weighted by Gasteiger charge is 2.43. The molecule has 0 N–H and O–H groups in total. The van der Waals surface area contributed by atoms with Crippen LogP contribution in [0.4, 0.5) is 0 Å². The predicted molar refractivity (Wildman–Crippen MR) is 141 cm³/mol. The lowest BCUT2D eigenvalue weighted by atomic mass is 9.61. The smallest absolute Gasteiger partial charge is 0.0676 e. The first-order chi connectivity index (χ1) is 16.0. The van der Waals surface area contributed by atoms with Crippen LogP contribution >= 0.6 is 0 Å². The molecule has 3 aromatic carbocycles. The summed E-state index contributed by atoms with van der Waals surface area (Å²) in [6.45, 7) is 9.09. The zero-order valence-electron chi connectivity index (χ0n) is 20.2. The van der Waals surface area contributed by atoms with E-state index in [4.69, 9.17) is 0 Å². The van der Waals surface area contributed by atoms with Gasteiger partial charge in [-0.25, -0.2) is 0 Å². The van der Waals surface area contributed by atoms with Crippen molar-refractivity contribution in [3.05, 3.63) is 147 Å². The Morgan fingerprint density at radius 2 is 1.18 bits per heavy atom. The summed E-state index contributed by atoms with van der Waals surface area (Å²) in [4.78, 5) is 0. The molecule has 0 amide bonds. The third-order valence-electron chi connectivity index (χ3n) is 7.64. The zero-order valence-corrected chi connectivity index (χ0v) is 20.2. The standard InChI is InChI=1S/C33H32/c1-23-21-22-31(32(26(23)4)29-19-11-13-24(29)2)33(27-15-7-5-8-16-27,28-17-9-6-10-18-28)30-20-12-14-25(30)3/h5-18,21-22H,19-20H2,1-4H3. The van der Waals surface area contributed by atoms with Crippen LogP contribution in [0.5, 0.6) is 0 Å². The van der Waals surface area contributed by atoms with E-state index in [1.54, 1.807) is 0 Å². The van der Waals surface area contributed by atoms with Gasteiger partial charge in [-0.05, 0) is 90.6 Å². The second-order valence-electron chi connectivity index (χ2n) is 9.45. The molecule has 3 aromatic rings. The molecule has 0 saturated heterocycles. The van der Waals surface area contributed by atoms with Gasteiger partial charge in [0, 0.05) is 0 Å². The first kappa shape index (κ1) is 21.5. The molecule has 5 rings (SSSR count). The van der Waals surface area contributed by atoms with Crippen molar-refractivity contribution in [1.82, 2.24) is 0 Å². The zero-order chi connectivity index (χ0) is 23.0. The molecule has 0 heteroatoms. The number of benzene rings is 3. The van der Waals surface area contributed by atoms with Crippen molar-refractivity contribution in [2.24, 2.45) is 0 Å². The molecule has 0 heterocycles. The molecule has 0 spiro atoms. The van der Waals surface area contributed by atoms with Gasteiger partial charge in [0.2, 0.25) is 0 Å². The van der Waals surface area contributed by atoms with E-state index in [-0.39, 0.29) is 5.41 Å². The van der Waals surface area contributed by atoms with E-state index < -0.39 is 0 Å². The van der Waals surface area contributed by atoms with Crippen LogP contribution in [0.1, 0.15) is 60.1 Å². The highest BCUT2D eigenvalue weighted by molar-refractivity contribution is 5.82. The molecule has 0 aromatic heterocycles. The highest BCUT2D eigenvalue weighted by Crippen LogP contribution is 2.52. The van der Waals surface area contributed by atoms with Crippen molar-refractivity contribution in [2.45, 2.75) is 46.0 Å². The Morgan fingerprint density at radius 1 is 0.606 bits per heavy atom. The topological polar surface area (TPSA) is 0 Å². The van der Waals surface area contributed by atoms with E-state index in [0.717, 1.165) is 12.8 Å². The molecule has 2 aliphatic rings. The van der Waals surface area contributed by atoms with Crippen LogP contribution in [0.25, 0.3) is 5.57 Å².